The summed E-state index contributed by atoms with van der Waals surface area (Å²) in [4.78, 5) is 41.9. The zero-order valence-electron chi connectivity index (χ0n) is 17.3. The number of unbranched alkanes of at least 4 members (excludes halogenated alkanes) is 2. The molecule has 3 aliphatic rings. The Kier molecular flexibility index (Phi) is 6.06. The highest BCUT2D eigenvalue weighted by Gasteiger charge is 2.78. The molecule has 0 saturated carbocycles. The minimum absolute atomic E-state index is 0.0171. The number of carbonyl (C=O) groups excluding carboxylic acids is 2. The molecule has 3 rings (SSSR count). The number of carboxylic acids is 1. The van der Waals surface area contributed by atoms with Crippen molar-refractivity contribution in [1.29, 1.82) is 0 Å². The highest BCUT2D eigenvalue weighted by atomic mass is 16.5. The van der Waals surface area contributed by atoms with Crippen molar-refractivity contribution in [1.82, 2.24) is 9.80 Å². The number of carboxylic acid groups (broad SMARTS) is 1. The molecule has 2 N–H and O–H groups in total. The van der Waals surface area contributed by atoms with Gasteiger partial charge in [-0.1, -0.05) is 25.8 Å². The Morgan fingerprint density at radius 3 is 2.69 bits per heavy atom. The van der Waals surface area contributed by atoms with Gasteiger partial charge in [-0.25, -0.2) is 0 Å². The zero-order chi connectivity index (χ0) is 21.4. The van der Waals surface area contributed by atoms with E-state index in [0.29, 0.717) is 25.9 Å². The lowest BCUT2D eigenvalue weighted by Crippen LogP contribution is -2.56. The molecule has 2 unspecified atom stereocenters. The van der Waals surface area contributed by atoms with Crippen LogP contribution in [0.5, 0.6) is 0 Å². The number of aliphatic hydroxyl groups is 1. The van der Waals surface area contributed by atoms with Gasteiger partial charge in [-0.2, -0.15) is 0 Å². The molecule has 0 radical (unpaired) electrons. The second kappa shape index (κ2) is 8.07. The molecule has 3 saturated heterocycles. The number of ether oxygens (including phenoxy) is 1. The van der Waals surface area contributed by atoms with Crippen molar-refractivity contribution in [2.75, 3.05) is 26.2 Å². The zero-order valence-corrected chi connectivity index (χ0v) is 17.3. The molecule has 3 heterocycles. The molecule has 29 heavy (non-hydrogen) atoms. The third-order valence-electron chi connectivity index (χ3n) is 6.81. The van der Waals surface area contributed by atoms with Crippen LogP contribution in [0.2, 0.25) is 0 Å². The molecule has 162 valence electrons. The van der Waals surface area contributed by atoms with E-state index in [1.54, 1.807) is 17.9 Å². The Morgan fingerprint density at radius 2 is 2.10 bits per heavy atom. The molecule has 3 fully saturated rings. The van der Waals surface area contributed by atoms with E-state index in [1.165, 1.54) is 4.90 Å². The van der Waals surface area contributed by atoms with Crippen LogP contribution >= 0.6 is 0 Å². The van der Waals surface area contributed by atoms with Crippen LogP contribution in [0.4, 0.5) is 0 Å². The molecule has 0 aliphatic carbocycles. The average molecular weight is 408 g/mol. The van der Waals surface area contributed by atoms with Crippen molar-refractivity contribution in [3.05, 3.63) is 12.7 Å². The number of nitrogens with zero attached hydrogens (tertiary/aromatic N) is 2. The van der Waals surface area contributed by atoms with Gasteiger partial charge in [-0.15, -0.1) is 6.58 Å². The largest absolute Gasteiger partial charge is 0.481 e. The first-order valence-corrected chi connectivity index (χ1v) is 10.5. The number of β-amino-alcohol motifs (C(OH)–C–C–N with tert-alkyl or cyclic N) is 1. The minimum Gasteiger partial charge on any atom is -0.481 e. The van der Waals surface area contributed by atoms with Crippen molar-refractivity contribution in [2.24, 2.45) is 11.8 Å². The Bertz CT molecular complexity index is 697. The summed E-state index contributed by atoms with van der Waals surface area (Å²) >= 11 is 0. The maximum Gasteiger partial charge on any atom is 0.310 e. The lowest BCUT2D eigenvalue weighted by molar-refractivity contribution is -0.156. The lowest BCUT2D eigenvalue weighted by Gasteiger charge is -2.36. The molecule has 0 aromatic heterocycles. The first kappa shape index (κ1) is 21.8. The Labute approximate surface area is 171 Å². The Morgan fingerprint density at radius 1 is 1.38 bits per heavy atom. The summed E-state index contributed by atoms with van der Waals surface area (Å²) in [6, 6.07) is -0.917. The van der Waals surface area contributed by atoms with Crippen LogP contribution in [0.15, 0.2) is 12.7 Å². The van der Waals surface area contributed by atoms with E-state index in [0.717, 1.165) is 19.3 Å². The molecule has 2 amide bonds. The number of carbonyl (C=O) groups is 3. The van der Waals surface area contributed by atoms with Gasteiger partial charge >= 0.3 is 5.97 Å². The van der Waals surface area contributed by atoms with Gasteiger partial charge in [0.05, 0.1) is 24.0 Å². The average Bonchev–Trinajstić information content (AvgIpc) is 3.22. The summed E-state index contributed by atoms with van der Waals surface area (Å²) < 4.78 is 6.28. The summed E-state index contributed by atoms with van der Waals surface area (Å²) in [6.07, 6.45) is 5.43. The molecule has 8 nitrogen and oxygen atoms in total. The van der Waals surface area contributed by atoms with E-state index in [-0.39, 0.29) is 19.1 Å². The van der Waals surface area contributed by atoms with E-state index in [9.17, 15) is 24.6 Å². The fraction of sp³-hybridized carbons (Fsp3) is 0.762. The number of hydrogen-bond donors (Lipinski definition) is 2. The minimum atomic E-state index is -1.15. The summed E-state index contributed by atoms with van der Waals surface area (Å²) in [7, 11) is 0. The van der Waals surface area contributed by atoms with Gasteiger partial charge in [0.1, 0.15) is 11.6 Å². The van der Waals surface area contributed by atoms with E-state index in [2.05, 4.69) is 13.5 Å². The van der Waals surface area contributed by atoms with Crippen LogP contribution in [-0.2, 0) is 19.1 Å². The summed E-state index contributed by atoms with van der Waals surface area (Å²) in [5.74, 6) is -3.62. The van der Waals surface area contributed by atoms with Crippen LogP contribution in [0, 0.1) is 11.8 Å². The number of aliphatic carboxylic acids is 1. The lowest BCUT2D eigenvalue weighted by atomic mass is 9.66. The molecule has 2 bridgehead atoms. The monoisotopic (exact) mass is 408 g/mol. The molecule has 3 aliphatic heterocycles. The topological polar surface area (TPSA) is 107 Å². The molecule has 1 spiro atoms. The Hall–Kier alpha value is -1.93. The number of amides is 2. The third-order valence-corrected chi connectivity index (χ3v) is 6.81. The normalized spacial score (nSPS) is 35.1. The fourth-order valence-electron chi connectivity index (χ4n) is 5.60. The fourth-order valence-corrected chi connectivity index (χ4v) is 5.60. The maximum atomic E-state index is 13.6. The SMILES string of the molecule is C=CCN(CCCCC)C(=O)C1N(CCO)C(=O)[C@@H]2[C@H](C(=O)O)[C@]3(C)CCC12O3. The van der Waals surface area contributed by atoms with E-state index in [1.807, 2.05) is 0 Å². The summed E-state index contributed by atoms with van der Waals surface area (Å²) in [5.41, 5.74) is -2.10. The summed E-state index contributed by atoms with van der Waals surface area (Å²) in [5, 5.41) is 19.4. The van der Waals surface area contributed by atoms with Crippen molar-refractivity contribution in [3.8, 4) is 0 Å². The van der Waals surface area contributed by atoms with Crippen LogP contribution in [-0.4, -0.2) is 81.3 Å². The standard InChI is InChI=1S/C21H32N2O6/c1-4-6-7-11-22(10-5-2)18(26)16-21-9-8-20(3,29-21)15(19(27)28)14(21)17(25)23(16)12-13-24/h5,14-16,24H,2,4,6-13H2,1,3H3,(H,27,28)/t14-,15+,16?,20-,21?/m0/s1. The van der Waals surface area contributed by atoms with Crippen molar-refractivity contribution >= 4 is 17.8 Å². The van der Waals surface area contributed by atoms with Gasteiger partial charge in [-0.3, -0.25) is 14.4 Å². The maximum absolute atomic E-state index is 13.6. The van der Waals surface area contributed by atoms with E-state index >= 15 is 0 Å². The molecule has 5 atom stereocenters. The predicted octanol–water partition coefficient (Wildman–Crippen LogP) is 1.03. The highest BCUT2D eigenvalue weighted by molar-refractivity contribution is 5.98. The van der Waals surface area contributed by atoms with Crippen LogP contribution < -0.4 is 0 Å². The van der Waals surface area contributed by atoms with Gasteiger partial charge in [0.15, 0.2) is 0 Å². The third kappa shape index (κ3) is 3.26. The second-order valence-corrected chi connectivity index (χ2v) is 8.60. The van der Waals surface area contributed by atoms with Gasteiger partial charge in [0, 0.05) is 19.6 Å². The van der Waals surface area contributed by atoms with E-state index < -0.39 is 41.0 Å². The molecular weight excluding hydrogens is 376 g/mol. The second-order valence-electron chi connectivity index (χ2n) is 8.60. The Balaban J connectivity index is 1.99. The van der Waals surface area contributed by atoms with Gasteiger partial charge in [0.25, 0.3) is 0 Å². The predicted molar refractivity (Wildman–Crippen MR) is 105 cm³/mol. The van der Waals surface area contributed by atoms with E-state index in [4.69, 9.17) is 4.74 Å². The summed E-state index contributed by atoms with van der Waals surface area (Å²) in [6.45, 7) is 8.12. The quantitative estimate of drug-likeness (QED) is 0.413. The first-order valence-electron chi connectivity index (χ1n) is 10.5. The van der Waals surface area contributed by atoms with Crippen LogP contribution in [0.25, 0.3) is 0 Å². The van der Waals surface area contributed by atoms with Gasteiger partial charge < -0.3 is 24.7 Å². The van der Waals surface area contributed by atoms with Crippen molar-refractivity contribution in [2.45, 2.75) is 63.2 Å². The van der Waals surface area contributed by atoms with Gasteiger partial charge in [-0.05, 0) is 26.2 Å². The smallest absolute Gasteiger partial charge is 0.310 e. The molecule has 0 aromatic rings. The van der Waals surface area contributed by atoms with Gasteiger partial charge in [0.2, 0.25) is 11.8 Å². The number of aliphatic hydroxyl groups excluding tert-OH is 1. The number of hydrogen-bond acceptors (Lipinski definition) is 5. The molecule has 8 heteroatoms. The number of likely N-dealkylation sites (tertiary alicyclic amines) is 1. The number of rotatable bonds is 10. The van der Waals surface area contributed by atoms with Crippen LogP contribution in [0.1, 0.15) is 46.0 Å². The number of fused-ring (bicyclic) bond motifs is 1. The first-order chi connectivity index (χ1) is 13.8. The van der Waals surface area contributed by atoms with Crippen molar-refractivity contribution < 1.29 is 29.3 Å². The van der Waals surface area contributed by atoms with Crippen molar-refractivity contribution in [3.63, 3.8) is 0 Å². The van der Waals surface area contributed by atoms with Crippen LogP contribution in [0.3, 0.4) is 0 Å². The molecule has 0 aromatic carbocycles. The molecular formula is C21H32N2O6. The highest BCUT2D eigenvalue weighted by Crippen LogP contribution is 2.63.